The number of ether oxygens (including phenoxy) is 5. The molecule has 0 bridgehead atoms. The SMILES string of the molecule is COCOc1ccc(-c2[nH]c3cc(C(=O)OC)ccc3c2CCCCCC(Cl)Cl)c(OCOC)c1. The van der Waals surface area contributed by atoms with Gasteiger partial charge in [0, 0.05) is 36.8 Å². The molecular weight excluding hydrogens is 493 g/mol. The Labute approximate surface area is 215 Å². The van der Waals surface area contributed by atoms with E-state index < -0.39 is 0 Å². The molecule has 1 aromatic heterocycles. The maximum Gasteiger partial charge on any atom is 0.337 e. The van der Waals surface area contributed by atoms with Crippen molar-refractivity contribution in [2.24, 2.45) is 0 Å². The number of H-pyrrole nitrogens is 1. The van der Waals surface area contributed by atoms with Crippen molar-refractivity contribution >= 4 is 40.1 Å². The van der Waals surface area contributed by atoms with Gasteiger partial charge in [0.1, 0.15) is 16.3 Å². The van der Waals surface area contributed by atoms with E-state index >= 15 is 0 Å². The number of alkyl halides is 2. The molecule has 7 nitrogen and oxygen atoms in total. The first-order valence-corrected chi connectivity index (χ1v) is 12.2. The molecule has 1 heterocycles. The number of hydrogen-bond acceptors (Lipinski definition) is 6. The van der Waals surface area contributed by atoms with Crippen LogP contribution >= 0.6 is 23.2 Å². The van der Waals surface area contributed by atoms with E-state index in [0.29, 0.717) is 17.1 Å². The van der Waals surface area contributed by atoms with Gasteiger partial charge in [-0.25, -0.2) is 4.79 Å². The van der Waals surface area contributed by atoms with Crippen molar-refractivity contribution in [3.63, 3.8) is 0 Å². The number of nitrogens with one attached hydrogen (secondary N) is 1. The fourth-order valence-electron chi connectivity index (χ4n) is 3.93. The highest BCUT2D eigenvalue weighted by molar-refractivity contribution is 6.44. The number of carbonyl (C=O) groups excluding carboxylic acids is 1. The molecule has 0 fully saturated rings. The van der Waals surface area contributed by atoms with Gasteiger partial charge in [0.2, 0.25) is 0 Å². The lowest BCUT2D eigenvalue weighted by Gasteiger charge is -2.14. The Balaban J connectivity index is 2.03. The number of aromatic nitrogens is 1. The average Bonchev–Trinajstić information content (AvgIpc) is 3.22. The van der Waals surface area contributed by atoms with Gasteiger partial charge in [-0.2, -0.15) is 0 Å². The van der Waals surface area contributed by atoms with E-state index in [0.717, 1.165) is 59.8 Å². The molecule has 0 spiro atoms. The molecule has 9 heteroatoms. The minimum absolute atomic E-state index is 0.0841. The Morgan fingerprint density at radius 2 is 1.71 bits per heavy atom. The second kappa shape index (κ2) is 13.6. The molecule has 0 radical (unpaired) electrons. The minimum atomic E-state index is -0.384. The largest absolute Gasteiger partial charge is 0.467 e. The van der Waals surface area contributed by atoms with E-state index in [1.165, 1.54) is 7.11 Å². The van der Waals surface area contributed by atoms with Crippen LogP contribution in [0.25, 0.3) is 22.2 Å². The molecule has 0 aliphatic carbocycles. The fourth-order valence-corrected chi connectivity index (χ4v) is 4.24. The van der Waals surface area contributed by atoms with Gasteiger partial charge in [-0.1, -0.05) is 18.9 Å². The van der Waals surface area contributed by atoms with Crippen LogP contribution in [-0.2, 0) is 20.6 Å². The smallest absolute Gasteiger partial charge is 0.337 e. The van der Waals surface area contributed by atoms with Crippen LogP contribution in [0.1, 0.15) is 41.6 Å². The molecule has 2 aromatic carbocycles. The summed E-state index contributed by atoms with van der Waals surface area (Å²) in [5.41, 5.74) is 4.24. The lowest BCUT2D eigenvalue weighted by molar-refractivity contribution is 0.0463. The third-order valence-corrected chi connectivity index (χ3v) is 6.01. The van der Waals surface area contributed by atoms with Gasteiger partial charge < -0.3 is 28.7 Å². The predicted octanol–water partition coefficient (Wildman–Crippen LogP) is 6.49. The molecule has 0 saturated carbocycles. The number of hydrogen-bond donors (Lipinski definition) is 1. The Kier molecular flexibility index (Phi) is 10.5. The Morgan fingerprint density at radius 3 is 2.43 bits per heavy atom. The van der Waals surface area contributed by atoms with E-state index in [1.807, 2.05) is 30.3 Å². The van der Waals surface area contributed by atoms with E-state index in [-0.39, 0.29) is 24.4 Å². The number of fused-ring (bicyclic) bond motifs is 1. The average molecular weight is 524 g/mol. The Morgan fingerprint density at radius 1 is 0.943 bits per heavy atom. The molecular formula is C26H31Cl2NO6. The Hall–Kier alpha value is -2.45. The fraction of sp³-hybridized carbons (Fsp3) is 0.423. The highest BCUT2D eigenvalue weighted by atomic mass is 35.5. The van der Waals surface area contributed by atoms with Crippen LogP contribution in [0.3, 0.4) is 0 Å². The molecule has 0 amide bonds. The zero-order valence-electron chi connectivity index (χ0n) is 20.2. The summed E-state index contributed by atoms with van der Waals surface area (Å²) in [6.07, 6.45) is 4.51. The summed E-state index contributed by atoms with van der Waals surface area (Å²) >= 11 is 11.8. The molecule has 0 aliphatic heterocycles. The summed E-state index contributed by atoms with van der Waals surface area (Å²) in [5, 5.41) is 1.04. The number of unbranched alkanes of at least 4 members (excludes halogenated alkanes) is 2. The third kappa shape index (κ3) is 7.27. The maximum atomic E-state index is 12.1. The molecule has 3 rings (SSSR count). The van der Waals surface area contributed by atoms with Crippen LogP contribution in [0.4, 0.5) is 0 Å². The summed E-state index contributed by atoms with van der Waals surface area (Å²) in [6, 6.07) is 11.2. The normalized spacial score (nSPS) is 11.3. The topological polar surface area (TPSA) is 79.0 Å². The van der Waals surface area contributed by atoms with Crippen molar-refractivity contribution in [3.8, 4) is 22.8 Å². The van der Waals surface area contributed by atoms with Crippen molar-refractivity contribution in [3.05, 3.63) is 47.5 Å². The molecule has 190 valence electrons. The monoisotopic (exact) mass is 523 g/mol. The minimum Gasteiger partial charge on any atom is -0.467 e. The molecule has 35 heavy (non-hydrogen) atoms. The first kappa shape index (κ1) is 27.1. The van der Waals surface area contributed by atoms with Crippen LogP contribution < -0.4 is 9.47 Å². The van der Waals surface area contributed by atoms with Crippen molar-refractivity contribution in [2.75, 3.05) is 34.9 Å². The molecule has 3 aromatic rings. The second-order valence-corrected chi connectivity index (χ2v) is 9.26. The summed E-state index contributed by atoms with van der Waals surface area (Å²) in [7, 11) is 4.51. The summed E-state index contributed by atoms with van der Waals surface area (Å²) < 4.78 is 26.5. The van der Waals surface area contributed by atoms with E-state index in [9.17, 15) is 4.79 Å². The van der Waals surface area contributed by atoms with Gasteiger partial charge in [-0.05, 0) is 49.1 Å². The molecule has 0 unspecified atom stereocenters. The first-order valence-electron chi connectivity index (χ1n) is 11.4. The third-order valence-electron chi connectivity index (χ3n) is 5.57. The highest BCUT2D eigenvalue weighted by Crippen LogP contribution is 2.39. The van der Waals surface area contributed by atoms with E-state index in [1.54, 1.807) is 20.3 Å². The Bertz CT molecular complexity index is 1110. The number of esters is 1. The summed E-state index contributed by atoms with van der Waals surface area (Å²) in [4.78, 5) is 15.3. The van der Waals surface area contributed by atoms with Gasteiger partial charge >= 0.3 is 5.97 Å². The van der Waals surface area contributed by atoms with Gasteiger partial charge in [0.25, 0.3) is 0 Å². The molecule has 1 N–H and O–H groups in total. The summed E-state index contributed by atoms with van der Waals surface area (Å²) in [5.74, 6) is 0.836. The quantitative estimate of drug-likeness (QED) is 0.112. The molecule has 0 aliphatic rings. The van der Waals surface area contributed by atoms with Crippen molar-refractivity contribution in [1.29, 1.82) is 0 Å². The number of aryl methyl sites for hydroxylation is 1. The van der Waals surface area contributed by atoms with Gasteiger partial charge in [0.15, 0.2) is 13.6 Å². The van der Waals surface area contributed by atoms with Crippen molar-refractivity contribution in [2.45, 2.75) is 36.9 Å². The lowest BCUT2D eigenvalue weighted by Crippen LogP contribution is -2.03. The molecule has 0 atom stereocenters. The number of rotatable bonds is 14. The predicted molar refractivity (Wildman–Crippen MR) is 138 cm³/mol. The summed E-state index contributed by atoms with van der Waals surface area (Å²) in [6.45, 7) is 0.212. The van der Waals surface area contributed by atoms with Gasteiger partial charge in [-0.15, -0.1) is 23.2 Å². The van der Waals surface area contributed by atoms with E-state index in [4.69, 9.17) is 46.9 Å². The maximum absolute atomic E-state index is 12.1. The number of methoxy groups -OCH3 is 3. The lowest BCUT2D eigenvalue weighted by atomic mass is 9.98. The zero-order chi connectivity index (χ0) is 25.2. The van der Waals surface area contributed by atoms with Gasteiger partial charge in [0.05, 0.1) is 18.4 Å². The number of carbonyl (C=O) groups is 1. The van der Waals surface area contributed by atoms with Crippen molar-refractivity contribution in [1.82, 2.24) is 4.98 Å². The standard InChI is InChI=1S/C26H31Cl2NO6/c1-31-15-34-18-10-12-21(23(14-18)35-16-32-2)25-20(7-5-4-6-8-24(27)28)19-11-9-17(26(30)33-3)13-22(19)29-25/h9-14,24,29H,4-8,15-16H2,1-3H3. The second-order valence-electron chi connectivity index (χ2n) is 7.98. The van der Waals surface area contributed by atoms with Crippen LogP contribution in [0.2, 0.25) is 0 Å². The number of benzene rings is 2. The zero-order valence-corrected chi connectivity index (χ0v) is 21.7. The first-order chi connectivity index (χ1) is 17.0. The van der Waals surface area contributed by atoms with Gasteiger partial charge in [-0.3, -0.25) is 0 Å². The van der Waals surface area contributed by atoms with E-state index in [2.05, 4.69) is 4.98 Å². The molecule has 0 saturated heterocycles. The van der Waals surface area contributed by atoms with Crippen LogP contribution in [-0.4, -0.2) is 50.7 Å². The highest BCUT2D eigenvalue weighted by Gasteiger charge is 2.19. The van der Waals surface area contributed by atoms with Crippen LogP contribution in [0.15, 0.2) is 36.4 Å². The van der Waals surface area contributed by atoms with Crippen LogP contribution in [0.5, 0.6) is 11.5 Å². The number of halogens is 2. The van der Waals surface area contributed by atoms with Crippen molar-refractivity contribution < 1.29 is 28.5 Å². The number of aromatic amines is 1. The van der Waals surface area contributed by atoms with Crippen LogP contribution in [0, 0.1) is 0 Å².